The topological polar surface area (TPSA) is 81.6 Å². The largest absolute Gasteiger partial charge is 0.366 e. The third-order valence-electron chi connectivity index (χ3n) is 2.76. The third-order valence-corrected chi connectivity index (χ3v) is 2.76. The molecular weight excluding hydrogens is 264 g/mol. The molecule has 110 valence electrons. The second-order valence-corrected chi connectivity index (χ2v) is 4.10. The first kappa shape index (κ1) is 14.8. The van der Waals surface area contributed by atoms with Gasteiger partial charge < -0.3 is 11.1 Å². The fraction of sp³-hybridized carbons (Fsp3) is 0.267. The molecule has 0 aliphatic rings. The van der Waals surface area contributed by atoms with Crippen molar-refractivity contribution in [1.82, 2.24) is 19.7 Å². The average Bonchev–Trinajstić information content (AvgIpc) is 2.90. The summed E-state index contributed by atoms with van der Waals surface area (Å²) < 4.78 is 1.62. The highest BCUT2D eigenvalue weighted by molar-refractivity contribution is 5.79. The Bertz CT molecular complexity index is 719. The van der Waals surface area contributed by atoms with Crippen molar-refractivity contribution in [1.29, 1.82) is 0 Å². The van der Waals surface area contributed by atoms with Gasteiger partial charge in [0, 0.05) is 11.9 Å². The number of rotatable bonds is 3. The van der Waals surface area contributed by atoms with E-state index >= 15 is 0 Å². The van der Waals surface area contributed by atoms with E-state index < -0.39 is 0 Å². The molecule has 6 nitrogen and oxygen atoms in total. The molecule has 6 heteroatoms. The van der Waals surface area contributed by atoms with Gasteiger partial charge in [0.25, 0.3) is 0 Å². The molecule has 1 aromatic carbocycles. The van der Waals surface area contributed by atoms with Crippen LogP contribution >= 0.6 is 0 Å². The zero-order valence-electron chi connectivity index (χ0n) is 12.5. The number of fused-ring (bicyclic) bond motifs is 1. The van der Waals surface area contributed by atoms with Crippen molar-refractivity contribution in [2.75, 3.05) is 17.6 Å². The Balaban J connectivity index is 0.000000774. The van der Waals surface area contributed by atoms with Crippen LogP contribution in [0.15, 0.2) is 36.4 Å². The summed E-state index contributed by atoms with van der Waals surface area (Å²) in [6.45, 7) is 6.73. The standard InChI is InChI=1S/C13H14N6.C2H6/c1-2-15-13-17-12(14)18-19(13)11-8-7-9-5-3-4-6-10(9)16-11;1-2/h3-8H,2H2,1H3,(H3,14,15,17,18);1-2H3. The van der Waals surface area contributed by atoms with Crippen LogP contribution in [0.4, 0.5) is 11.9 Å². The fourth-order valence-corrected chi connectivity index (χ4v) is 1.93. The number of benzene rings is 1. The Kier molecular flexibility index (Phi) is 4.71. The number of nitrogen functional groups attached to an aromatic ring is 1. The second-order valence-electron chi connectivity index (χ2n) is 4.10. The Morgan fingerprint density at radius 1 is 1.10 bits per heavy atom. The van der Waals surface area contributed by atoms with E-state index in [1.54, 1.807) is 4.68 Å². The van der Waals surface area contributed by atoms with Gasteiger partial charge in [0.15, 0.2) is 5.82 Å². The molecule has 2 heterocycles. The molecule has 2 aromatic heterocycles. The average molecular weight is 284 g/mol. The number of nitrogens with one attached hydrogen (secondary N) is 1. The number of aromatic nitrogens is 4. The van der Waals surface area contributed by atoms with Gasteiger partial charge in [-0.2, -0.15) is 9.67 Å². The monoisotopic (exact) mass is 284 g/mol. The van der Waals surface area contributed by atoms with E-state index in [0.717, 1.165) is 17.4 Å². The van der Waals surface area contributed by atoms with Gasteiger partial charge in [0.2, 0.25) is 11.9 Å². The molecule has 0 atom stereocenters. The number of para-hydroxylation sites is 1. The number of hydrogen-bond acceptors (Lipinski definition) is 5. The highest BCUT2D eigenvalue weighted by atomic mass is 15.4. The Morgan fingerprint density at radius 2 is 1.86 bits per heavy atom. The van der Waals surface area contributed by atoms with Crippen LogP contribution in [0.2, 0.25) is 0 Å². The van der Waals surface area contributed by atoms with Gasteiger partial charge in [0.05, 0.1) is 5.52 Å². The summed E-state index contributed by atoms with van der Waals surface area (Å²) in [6, 6.07) is 11.8. The molecule has 3 N–H and O–H groups in total. The first-order valence-corrected chi connectivity index (χ1v) is 7.10. The Morgan fingerprint density at radius 3 is 2.62 bits per heavy atom. The summed E-state index contributed by atoms with van der Waals surface area (Å²) in [6.07, 6.45) is 0. The molecule has 0 bridgehead atoms. The highest BCUT2D eigenvalue weighted by Crippen LogP contribution is 2.17. The molecule has 0 aliphatic heterocycles. The lowest BCUT2D eigenvalue weighted by molar-refractivity contribution is 0.854. The van der Waals surface area contributed by atoms with Crippen LogP contribution in [0, 0.1) is 0 Å². The van der Waals surface area contributed by atoms with Crippen LogP contribution in [0.25, 0.3) is 16.7 Å². The summed E-state index contributed by atoms with van der Waals surface area (Å²) in [5, 5.41) is 8.36. The number of nitrogens with zero attached hydrogens (tertiary/aromatic N) is 4. The Labute approximate surface area is 124 Å². The van der Waals surface area contributed by atoms with Crippen molar-refractivity contribution in [3.05, 3.63) is 36.4 Å². The molecular formula is C15H20N6. The number of pyridine rings is 1. The van der Waals surface area contributed by atoms with E-state index in [1.165, 1.54) is 0 Å². The molecule has 0 amide bonds. The maximum absolute atomic E-state index is 5.65. The van der Waals surface area contributed by atoms with Crippen molar-refractivity contribution >= 4 is 22.8 Å². The van der Waals surface area contributed by atoms with Crippen LogP contribution < -0.4 is 11.1 Å². The summed E-state index contributed by atoms with van der Waals surface area (Å²) >= 11 is 0. The summed E-state index contributed by atoms with van der Waals surface area (Å²) in [4.78, 5) is 8.70. The number of nitrogens with two attached hydrogens (primary N) is 1. The van der Waals surface area contributed by atoms with Crippen molar-refractivity contribution in [3.8, 4) is 5.82 Å². The molecule has 0 aliphatic carbocycles. The van der Waals surface area contributed by atoms with Gasteiger partial charge in [-0.15, -0.1) is 5.10 Å². The van der Waals surface area contributed by atoms with Crippen molar-refractivity contribution < 1.29 is 0 Å². The zero-order chi connectivity index (χ0) is 15.2. The number of anilines is 2. The minimum Gasteiger partial charge on any atom is -0.366 e. The molecule has 0 radical (unpaired) electrons. The molecule has 21 heavy (non-hydrogen) atoms. The van der Waals surface area contributed by atoms with Gasteiger partial charge >= 0.3 is 0 Å². The second kappa shape index (κ2) is 6.69. The lowest BCUT2D eigenvalue weighted by Gasteiger charge is -2.06. The maximum Gasteiger partial charge on any atom is 0.241 e. The van der Waals surface area contributed by atoms with Crippen molar-refractivity contribution in [2.45, 2.75) is 20.8 Å². The van der Waals surface area contributed by atoms with Gasteiger partial charge in [-0.1, -0.05) is 32.0 Å². The van der Waals surface area contributed by atoms with Gasteiger partial charge in [-0.05, 0) is 25.1 Å². The van der Waals surface area contributed by atoms with E-state index in [-0.39, 0.29) is 5.95 Å². The van der Waals surface area contributed by atoms with E-state index in [9.17, 15) is 0 Å². The quantitative estimate of drug-likeness (QED) is 0.773. The number of hydrogen-bond donors (Lipinski definition) is 2. The Hall–Kier alpha value is -2.63. The molecule has 3 rings (SSSR count). The molecule has 0 fully saturated rings. The lowest BCUT2D eigenvalue weighted by Crippen LogP contribution is -2.07. The van der Waals surface area contributed by atoms with Crippen LogP contribution in [0.3, 0.4) is 0 Å². The first-order valence-electron chi connectivity index (χ1n) is 7.10. The predicted molar refractivity (Wildman–Crippen MR) is 86.6 cm³/mol. The summed E-state index contributed by atoms with van der Waals surface area (Å²) in [5.74, 6) is 1.52. The molecule has 3 aromatic rings. The van der Waals surface area contributed by atoms with Gasteiger partial charge in [0.1, 0.15) is 0 Å². The van der Waals surface area contributed by atoms with Crippen molar-refractivity contribution in [2.24, 2.45) is 0 Å². The summed E-state index contributed by atoms with van der Waals surface area (Å²) in [7, 11) is 0. The maximum atomic E-state index is 5.65. The SMILES string of the molecule is CC.CCNc1nc(N)nn1-c1ccc2ccccc2n1. The molecule has 0 spiro atoms. The normalized spacial score (nSPS) is 10.0. The first-order chi connectivity index (χ1) is 10.3. The van der Waals surface area contributed by atoms with E-state index in [1.807, 2.05) is 57.2 Å². The van der Waals surface area contributed by atoms with E-state index in [0.29, 0.717) is 11.8 Å². The summed E-state index contributed by atoms with van der Waals surface area (Å²) in [5.41, 5.74) is 6.56. The van der Waals surface area contributed by atoms with Crippen molar-refractivity contribution in [3.63, 3.8) is 0 Å². The lowest BCUT2D eigenvalue weighted by atomic mass is 10.2. The predicted octanol–water partition coefficient (Wildman–Crippen LogP) is 2.86. The van der Waals surface area contributed by atoms with Crippen LogP contribution in [0.1, 0.15) is 20.8 Å². The van der Waals surface area contributed by atoms with Crippen LogP contribution in [-0.2, 0) is 0 Å². The van der Waals surface area contributed by atoms with Crippen LogP contribution in [0.5, 0.6) is 0 Å². The highest BCUT2D eigenvalue weighted by Gasteiger charge is 2.10. The fourth-order valence-electron chi connectivity index (χ4n) is 1.93. The smallest absolute Gasteiger partial charge is 0.241 e. The van der Waals surface area contributed by atoms with E-state index in [4.69, 9.17) is 5.73 Å². The van der Waals surface area contributed by atoms with Gasteiger partial charge in [-0.3, -0.25) is 0 Å². The zero-order valence-corrected chi connectivity index (χ0v) is 12.5. The minimum absolute atomic E-state index is 0.228. The molecule has 0 unspecified atom stereocenters. The molecule has 0 saturated carbocycles. The van der Waals surface area contributed by atoms with Crippen LogP contribution in [-0.4, -0.2) is 26.3 Å². The van der Waals surface area contributed by atoms with E-state index in [2.05, 4.69) is 20.4 Å². The molecule has 0 saturated heterocycles. The van der Waals surface area contributed by atoms with Gasteiger partial charge in [-0.25, -0.2) is 4.98 Å². The minimum atomic E-state index is 0.228. The third kappa shape index (κ3) is 3.10.